The van der Waals surface area contributed by atoms with Gasteiger partial charge in [0.25, 0.3) is 5.91 Å². The fraction of sp³-hybridized carbons (Fsp3) is 0.0455. The minimum absolute atomic E-state index is 0.131. The summed E-state index contributed by atoms with van der Waals surface area (Å²) in [5.41, 5.74) is 1.34. The second kappa shape index (κ2) is 8.91. The van der Waals surface area contributed by atoms with Crippen molar-refractivity contribution in [3.05, 3.63) is 106 Å². The van der Waals surface area contributed by atoms with E-state index in [1.165, 1.54) is 17.2 Å². The van der Waals surface area contributed by atoms with E-state index in [1.807, 2.05) is 37.3 Å². The maximum Gasteiger partial charge on any atom is 0.256 e. The molecule has 1 N–H and O–H groups in total. The Morgan fingerprint density at radius 3 is 2.04 bits per heavy atom. The predicted molar refractivity (Wildman–Crippen MR) is 113 cm³/mol. The summed E-state index contributed by atoms with van der Waals surface area (Å²) in [6, 6.07) is 24.4. The second-order valence-corrected chi connectivity index (χ2v) is 8.91. The van der Waals surface area contributed by atoms with E-state index in [1.54, 1.807) is 54.6 Å². The van der Waals surface area contributed by atoms with Gasteiger partial charge in [0.1, 0.15) is 5.03 Å². The molecule has 28 heavy (non-hydrogen) atoms. The zero-order chi connectivity index (χ0) is 20.0. The number of sulfone groups is 1. The average Bonchev–Trinajstić information content (AvgIpc) is 2.72. The van der Waals surface area contributed by atoms with Crippen molar-refractivity contribution in [2.45, 2.75) is 16.7 Å². The SMILES string of the molecule is Cc1ccc(S(=O)(=O)/C(=C\Sc2ccccc2)NC(=O)c2ccccc2)cc1. The summed E-state index contributed by atoms with van der Waals surface area (Å²) in [6.45, 7) is 1.88. The highest BCUT2D eigenvalue weighted by atomic mass is 32.2. The Balaban J connectivity index is 1.96. The third-order valence-corrected chi connectivity index (χ3v) is 6.68. The number of rotatable bonds is 6. The van der Waals surface area contributed by atoms with E-state index in [0.29, 0.717) is 5.56 Å². The van der Waals surface area contributed by atoms with Crippen molar-refractivity contribution in [2.24, 2.45) is 0 Å². The molecule has 0 heterocycles. The Bertz CT molecular complexity index is 1080. The molecule has 0 atom stereocenters. The molecule has 0 saturated carbocycles. The first kappa shape index (κ1) is 19.9. The van der Waals surface area contributed by atoms with Gasteiger partial charge in [-0.25, -0.2) is 8.42 Å². The van der Waals surface area contributed by atoms with Crippen molar-refractivity contribution in [2.75, 3.05) is 0 Å². The minimum atomic E-state index is -3.88. The molecule has 0 fully saturated rings. The quantitative estimate of drug-likeness (QED) is 0.595. The lowest BCUT2D eigenvalue weighted by Gasteiger charge is -2.12. The maximum absolute atomic E-state index is 13.1. The molecule has 0 aliphatic heterocycles. The number of benzene rings is 3. The lowest BCUT2D eigenvalue weighted by molar-refractivity contribution is 0.0968. The van der Waals surface area contributed by atoms with Gasteiger partial charge in [0.2, 0.25) is 9.84 Å². The fourth-order valence-corrected chi connectivity index (χ4v) is 4.64. The van der Waals surface area contributed by atoms with Crippen LogP contribution in [0.3, 0.4) is 0 Å². The van der Waals surface area contributed by atoms with Crippen molar-refractivity contribution >= 4 is 27.5 Å². The summed E-state index contributed by atoms with van der Waals surface area (Å²) in [6.07, 6.45) is 0. The van der Waals surface area contributed by atoms with Gasteiger partial charge in [-0.1, -0.05) is 65.9 Å². The fourth-order valence-electron chi connectivity index (χ4n) is 2.40. The number of carbonyl (C=O) groups excluding carboxylic acids is 1. The Hall–Kier alpha value is -2.83. The van der Waals surface area contributed by atoms with Crippen molar-refractivity contribution in [1.82, 2.24) is 5.32 Å². The van der Waals surface area contributed by atoms with Gasteiger partial charge in [-0.3, -0.25) is 4.79 Å². The van der Waals surface area contributed by atoms with Gasteiger partial charge in [-0.15, -0.1) is 0 Å². The normalized spacial score (nSPS) is 11.8. The molecule has 3 aromatic rings. The molecule has 1 amide bonds. The number of nitrogens with one attached hydrogen (secondary N) is 1. The van der Waals surface area contributed by atoms with Gasteiger partial charge >= 0.3 is 0 Å². The molecule has 0 bridgehead atoms. The van der Waals surface area contributed by atoms with Crippen LogP contribution in [-0.2, 0) is 9.84 Å². The first-order valence-electron chi connectivity index (χ1n) is 8.57. The molecular formula is C22H19NO3S2. The van der Waals surface area contributed by atoms with E-state index in [0.717, 1.165) is 10.5 Å². The van der Waals surface area contributed by atoms with E-state index >= 15 is 0 Å². The largest absolute Gasteiger partial charge is 0.312 e. The number of carbonyl (C=O) groups is 1. The maximum atomic E-state index is 13.1. The van der Waals surface area contributed by atoms with Crippen LogP contribution < -0.4 is 5.32 Å². The van der Waals surface area contributed by atoms with Crippen LogP contribution in [0, 0.1) is 6.92 Å². The summed E-state index contributed by atoms with van der Waals surface area (Å²) in [5, 5.41) is 3.88. The van der Waals surface area contributed by atoms with E-state index in [2.05, 4.69) is 5.32 Å². The van der Waals surface area contributed by atoms with Crippen molar-refractivity contribution in [3.8, 4) is 0 Å². The summed E-state index contributed by atoms with van der Waals surface area (Å²) < 4.78 is 26.3. The van der Waals surface area contributed by atoms with Crippen LogP contribution >= 0.6 is 11.8 Å². The summed E-state index contributed by atoms with van der Waals surface area (Å²) in [7, 11) is -3.88. The van der Waals surface area contributed by atoms with Crippen molar-refractivity contribution in [3.63, 3.8) is 0 Å². The van der Waals surface area contributed by atoms with Crippen LogP contribution in [0.1, 0.15) is 15.9 Å². The summed E-state index contributed by atoms with van der Waals surface area (Å²) in [4.78, 5) is 13.6. The Morgan fingerprint density at radius 2 is 1.43 bits per heavy atom. The topological polar surface area (TPSA) is 63.2 Å². The average molecular weight is 410 g/mol. The van der Waals surface area contributed by atoms with E-state index in [-0.39, 0.29) is 9.92 Å². The highest BCUT2D eigenvalue weighted by Gasteiger charge is 2.23. The van der Waals surface area contributed by atoms with Crippen LogP contribution in [0.5, 0.6) is 0 Å². The predicted octanol–water partition coefficient (Wildman–Crippen LogP) is 4.79. The van der Waals surface area contributed by atoms with Crippen LogP contribution in [0.4, 0.5) is 0 Å². The first-order chi connectivity index (χ1) is 13.5. The Labute approximate surface area is 169 Å². The van der Waals surface area contributed by atoms with E-state index in [4.69, 9.17) is 0 Å². The zero-order valence-corrected chi connectivity index (χ0v) is 16.8. The minimum Gasteiger partial charge on any atom is -0.312 e. The molecule has 0 spiro atoms. The van der Waals surface area contributed by atoms with Gasteiger partial charge in [-0.05, 0) is 43.3 Å². The molecule has 4 nitrogen and oxygen atoms in total. The van der Waals surface area contributed by atoms with Crippen LogP contribution in [0.25, 0.3) is 0 Å². The summed E-state index contributed by atoms with van der Waals surface area (Å²) >= 11 is 1.23. The van der Waals surface area contributed by atoms with Crippen LogP contribution in [0.15, 0.2) is 105 Å². The lowest BCUT2D eigenvalue weighted by Crippen LogP contribution is -2.27. The molecule has 0 radical (unpaired) electrons. The highest BCUT2D eigenvalue weighted by Crippen LogP contribution is 2.25. The van der Waals surface area contributed by atoms with Crippen LogP contribution in [0.2, 0.25) is 0 Å². The monoisotopic (exact) mass is 409 g/mol. The van der Waals surface area contributed by atoms with Gasteiger partial charge < -0.3 is 5.32 Å². The molecule has 3 aromatic carbocycles. The van der Waals surface area contributed by atoms with Crippen molar-refractivity contribution < 1.29 is 13.2 Å². The summed E-state index contributed by atoms with van der Waals surface area (Å²) in [5.74, 6) is -0.476. The zero-order valence-electron chi connectivity index (χ0n) is 15.2. The first-order valence-corrected chi connectivity index (χ1v) is 10.9. The van der Waals surface area contributed by atoms with E-state index < -0.39 is 15.7 Å². The molecule has 0 aliphatic carbocycles. The molecular weight excluding hydrogens is 390 g/mol. The third-order valence-electron chi connectivity index (χ3n) is 3.94. The number of thioether (sulfide) groups is 1. The van der Waals surface area contributed by atoms with E-state index in [9.17, 15) is 13.2 Å². The second-order valence-electron chi connectivity index (χ2n) is 6.05. The molecule has 3 rings (SSSR count). The highest BCUT2D eigenvalue weighted by molar-refractivity contribution is 8.03. The molecule has 0 unspecified atom stereocenters. The Morgan fingerprint density at radius 1 is 0.857 bits per heavy atom. The van der Waals surface area contributed by atoms with Gasteiger partial charge in [0.15, 0.2) is 0 Å². The molecule has 0 aliphatic rings. The van der Waals surface area contributed by atoms with Gasteiger partial charge in [0.05, 0.1) is 4.90 Å². The number of aryl methyl sites for hydroxylation is 1. The lowest BCUT2D eigenvalue weighted by atomic mass is 10.2. The number of hydrogen-bond acceptors (Lipinski definition) is 4. The standard InChI is InChI=1S/C22H19NO3S2/c1-17-12-14-20(15-13-17)28(25,26)21(16-27-19-10-6-3-7-11-19)23-22(24)18-8-4-2-5-9-18/h2-16H,1H3,(H,23,24)/b21-16-. The number of hydrogen-bond donors (Lipinski definition) is 1. The molecule has 142 valence electrons. The third kappa shape index (κ3) is 4.91. The van der Waals surface area contributed by atoms with Crippen LogP contribution in [-0.4, -0.2) is 14.3 Å². The smallest absolute Gasteiger partial charge is 0.256 e. The van der Waals surface area contributed by atoms with Gasteiger partial charge in [0, 0.05) is 15.9 Å². The molecule has 6 heteroatoms. The van der Waals surface area contributed by atoms with Crippen molar-refractivity contribution in [1.29, 1.82) is 0 Å². The Kier molecular flexibility index (Phi) is 6.34. The molecule has 0 aromatic heterocycles. The molecule has 0 saturated heterocycles. The van der Waals surface area contributed by atoms with Gasteiger partial charge in [-0.2, -0.15) is 0 Å². The number of amides is 1.